The molecule has 1 heterocycles. The molecule has 0 radical (unpaired) electrons. The van der Waals surface area contributed by atoms with E-state index in [0.29, 0.717) is 6.04 Å². The van der Waals surface area contributed by atoms with Crippen LogP contribution in [0.25, 0.3) is 0 Å². The fourth-order valence-electron chi connectivity index (χ4n) is 1.80. The summed E-state index contributed by atoms with van der Waals surface area (Å²) in [7, 11) is 0. The smallest absolute Gasteiger partial charge is 0.0521 e. The first-order valence-corrected chi connectivity index (χ1v) is 9.11. The molecule has 0 bridgehead atoms. The number of nitrogens with one attached hydrogen (secondary N) is 1. The van der Waals surface area contributed by atoms with Gasteiger partial charge in [-0.25, -0.2) is 0 Å². The Balaban J connectivity index is 2.00. The lowest BCUT2D eigenvalue weighted by Crippen LogP contribution is -2.23. The number of halogens is 1. The van der Waals surface area contributed by atoms with Crippen molar-refractivity contribution in [3.8, 4) is 0 Å². The third kappa shape index (κ3) is 4.63. The van der Waals surface area contributed by atoms with Gasteiger partial charge in [-0.15, -0.1) is 23.1 Å². The Morgan fingerprint density at radius 2 is 2.05 bits per heavy atom. The Morgan fingerprint density at radius 3 is 2.68 bits per heavy atom. The maximum absolute atomic E-state index is 3.65. The van der Waals surface area contributed by atoms with Crippen LogP contribution in [0.4, 0.5) is 0 Å². The van der Waals surface area contributed by atoms with E-state index < -0.39 is 0 Å². The fourth-order valence-corrected chi connectivity index (χ4v) is 4.62. The second kappa shape index (κ2) is 8.10. The maximum Gasteiger partial charge on any atom is 0.0521 e. The molecule has 1 aromatic heterocycles. The van der Waals surface area contributed by atoms with Gasteiger partial charge >= 0.3 is 0 Å². The zero-order chi connectivity index (χ0) is 13.5. The molecule has 102 valence electrons. The largest absolute Gasteiger partial charge is 0.309 e. The molecule has 2 aromatic rings. The van der Waals surface area contributed by atoms with Gasteiger partial charge in [0.1, 0.15) is 0 Å². The Kier molecular flexibility index (Phi) is 6.44. The Bertz CT molecular complexity index is 484. The molecule has 4 heteroatoms. The van der Waals surface area contributed by atoms with Crippen molar-refractivity contribution in [1.29, 1.82) is 0 Å². The van der Waals surface area contributed by atoms with Gasteiger partial charge in [-0.05, 0) is 52.5 Å². The number of hydrogen-bond donors (Lipinski definition) is 1. The van der Waals surface area contributed by atoms with E-state index in [1.165, 1.54) is 14.2 Å². The van der Waals surface area contributed by atoms with Crippen LogP contribution < -0.4 is 5.32 Å². The molecule has 0 spiro atoms. The van der Waals surface area contributed by atoms with Crippen molar-refractivity contribution in [3.05, 3.63) is 51.1 Å². The molecule has 19 heavy (non-hydrogen) atoms. The second-order valence-electron chi connectivity index (χ2n) is 4.26. The number of thiophene rings is 1. The highest BCUT2D eigenvalue weighted by atomic mass is 79.9. The summed E-state index contributed by atoms with van der Waals surface area (Å²) in [4.78, 5) is 2.73. The summed E-state index contributed by atoms with van der Waals surface area (Å²) in [6.07, 6.45) is 1.16. The predicted octanol–water partition coefficient (Wildman–Crippen LogP) is 5.34. The van der Waals surface area contributed by atoms with E-state index in [1.807, 2.05) is 23.1 Å². The summed E-state index contributed by atoms with van der Waals surface area (Å²) in [5.74, 6) is 1.06. The van der Waals surface area contributed by atoms with E-state index in [9.17, 15) is 0 Å². The summed E-state index contributed by atoms with van der Waals surface area (Å²) < 4.78 is 1.22. The highest BCUT2D eigenvalue weighted by molar-refractivity contribution is 9.10. The van der Waals surface area contributed by atoms with Crippen molar-refractivity contribution in [2.75, 3.05) is 12.3 Å². The van der Waals surface area contributed by atoms with Gasteiger partial charge in [0.25, 0.3) is 0 Å². The van der Waals surface area contributed by atoms with Gasteiger partial charge in [-0.2, -0.15) is 0 Å². The van der Waals surface area contributed by atoms with Gasteiger partial charge in [0.05, 0.1) is 6.04 Å². The van der Waals surface area contributed by atoms with Crippen LogP contribution in [0.2, 0.25) is 0 Å². The molecular formula is C15H18BrNS2. The van der Waals surface area contributed by atoms with Crippen molar-refractivity contribution < 1.29 is 0 Å². The molecule has 2 rings (SSSR count). The summed E-state index contributed by atoms with van der Waals surface area (Å²) >= 11 is 7.38. The Labute approximate surface area is 131 Å². The molecule has 0 fully saturated rings. The quantitative estimate of drug-likeness (QED) is 0.672. The van der Waals surface area contributed by atoms with E-state index in [-0.39, 0.29) is 0 Å². The van der Waals surface area contributed by atoms with Crippen LogP contribution in [0, 0.1) is 0 Å². The summed E-state index contributed by atoms with van der Waals surface area (Å²) in [6.45, 7) is 3.27. The van der Waals surface area contributed by atoms with Crippen molar-refractivity contribution in [1.82, 2.24) is 5.32 Å². The first-order valence-electron chi connectivity index (χ1n) is 6.45. The lowest BCUT2D eigenvalue weighted by Gasteiger charge is -2.17. The highest BCUT2D eigenvalue weighted by Gasteiger charge is 2.15. The molecular weight excluding hydrogens is 338 g/mol. The average Bonchev–Trinajstić information content (AvgIpc) is 2.86. The topological polar surface area (TPSA) is 12.0 Å². The molecule has 1 N–H and O–H groups in total. The highest BCUT2D eigenvalue weighted by Crippen LogP contribution is 2.32. The second-order valence-corrected chi connectivity index (χ2v) is 7.16. The molecule has 0 aliphatic rings. The Hall–Kier alpha value is -0.290. The standard InChI is InChI=1S/C15H18BrNS2/c1-2-9-17-14(15-13(16)8-10-18-15)11-19-12-6-4-3-5-7-12/h3-8,10,14,17H,2,9,11H2,1H3. The molecule has 0 saturated heterocycles. The first kappa shape index (κ1) is 15.1. The molecule has 1 atom stereocenters. The number of rotatable bonds is 7. The molecule has 1 unspecified atom stereocenters. The van der Waals surface area contributed by atoms with Crippen LogP contribution in [-0.2, 0) is 0 Å². The monoisotopic (exact) mass is 355 g/mol. The minimum absolute atomic E-state index is 0.416. The van der Waals surface area contributed by atoms with E-state index >= 15 is 0 Å². The molecule has 0 aliphatic heterocycles. The van der Waals surface area contributed by atoms with E-state index in [1.54, 1.807) is 0 Å². The molecule has 0 amide bonds. The van der Waals surface area contributed by atoms with Crippen LogP contribution in [-0.4, -0.2) is 12.3 Å². The Morgan fingerprint density at radius 1 is 1.26 bits per heavy atom. The van der Waals surface area contributed by atoms with Crippen molar-refractivity contribution in [2.45, 2.75) is 24.3 Å². The molecule has 1 aromatic carbocycles. The minimum Gasteiger partial charge on any atom is -0.309 e. The summed E-state index contributed by atoms with van der Waals surface area (Å²) in [5, 5.41) is 5.79. The number of thioether (sulfide) groups is 1. The minimum atomic E-state index is 0.416. The average molecular weight is 356 g/mol. The van der Waals surface area contributed by atoms with Crippen LogP contribution in [0.1, 0.15) is 24.3 Å². The van der Waals surface area contributed by atoms with Crippen LogP contribution in [0.5, 0.6) is 0 Å². The zero-order valence-corrected chi connectivity index (χ0v) is 14.2. The van der Waals surface area contributed by atoms with E-state index in [2.05, 4.69) is 69.9 Å². The van der Waals surface area contributed by atoms with Gasteiger partial charge in [-0.3, -0.25) is 0 Å². The number of hydrogen-bond acceptors (Lipinski definition) is 3. The van der Waals surface area contributed by atoms with Crippen LogP contribution >= 0.6 is 39.0 Å². The molecule has 1 nitrogen and oxygen atoms in total. The van der Waals surface area contributed by atoms with Gasteiger partial charge < -0.3 is 5.32 Å². The van der Waals surface area contributed by atoms with Crippen molar-refractivity contribution in [2.24, 2.45) is 0 Å². The molecule has 0 saturated carbocycles. The summed E-state index contributed by atoms with van der Waals surface area (Å²) in [5.41, 5.74) is 0. The van der Waals surface area contributed by atoms with Crippen LogP contribution in [0.15, 0.2) is 51.1 Å². The first-order chi connectivity index (χ1) is 9.31. The lowest BCUT2D eigenvalue weighted by atomic mass is 10.2. The maximum atomic E-state index is 3.65. The van der Waals surface area contributed by atoms with Crippen molar-refractivity contribution in [3.63, 3.8) is 0 Å². The zero-order valence-electron chi connectivity index (χ0n) is 10.9. The number of benzene rings is 1. The third-order valence-corrected chi connectivity index (χ3v) is 5.85. The van der Waals surface area contributed by atoms with Gasteiger partial charge in [0.2, 0.25) is 0 Å². The summed E-state index contributed by atoms with van der Waals surface area (Å²) in [6, 6.07) is 13.1. The van der Waals surface area contributed by atoms with Gasteiger partial charge in [-0.1, -0.05) is 25.1 Å². The lowest BCUT2D eigenvalue weighted by molar-refractivity contribution is 0.583. The molecule has 0 aliphatic carbocycles. The van der Waals surface area contributed by atoms with E-state index in [4.69, 9.17) is 0 Å². The SMILES string of the molecule is CCCNC(CSc1ccccc1)c1sccc1Br. The third-order valence-electron chi connectivity index (χ3n) is 2.76. The predicted molar refractivity (Wildman–Crippen MR) is 90.2 cm³/mol. The van der Waals surface area contributed by atoms with Gasteiger partial charge in [0.15, 0.2) is 0 Å². The normalized spacial score (nSPS) is 12.5. The van der Waals surface area contributed by atoms with E-state index in [0.717, 1.165) is 18.7 Å². The van der Waals surface area contributed by atoms with Crippen LogP contribution in [0.3, 0.4) is 0 Å². The van der Waals surface area contributed by atoms with Crippen molar-refractivity contribution >= 4 is 39.0 Å². The fraction of sp³-hybridized carbons (Fsp3) is 0.333. The van der Waals surface area contributed by atoms with Gasteiger partial charge in [0, 0.05) is 20.0 Å².